The maximum Gasteiger partial charge on any atom is 0.308 e. The van der Waals surface area contributed by atoms with Crippen LogP contribution < -0.4 is 0 Å². The smallest absolute Gasteiger partial charge is 0.308 e. The molecule has 0 bridgehead atoms. The van der Waals surface area contributed by atoms with Crippen molar-refractivity contribution in [2.75, 3.05) is 6.61 Å². The summed E-state index contributed by atoms with van der Waals surface area (Å²) in [5, 5.41) is 0. The lowest BCUT2D eigenvalue weighted by Crippen LogP contribution is -2.18. The van der Waals surface area contributed by atoms with Crippen LogP contribution in [0.4, 0.5) is 0 Å². The van der Waals surface area contributed by atoms with Gasteiger partial charge in [-0.25, -0.2) is 0 Å². The van der Waals surface area contributed by atoms with Gasteiger partial charge in [-0.3, -0.25) is 4.79 Å². The number of rotatable bonds is 7. The van der Waals surface area contributed by atoms with Crippen LogP contribution in [0.1, 0.15) is 46.5 Å². The molecule has 78 valence electrons. The van der Waals surface area contributed by atoms with Crippen LogP contribution in [0.2, 0.25) is 0 Å². The highest BCUT2D eigenvalue weighted by Gasteiger charge is 2.07. The Morgan fingerprint density at radius 3 is 2.54 bits per heavy atom. The molecule has 0 radical (unpaired) electrons. The van der Waals surface area contributed by atoms with E-state index in [1.54, 1.807) is 6.92 Å². The van der Waals surface area contributed by atoms with Crippen molar-refractivity contribution in [2.45, 2.75) is 52.7 Å². The molecule has 0 amide bonds. The molecule has 0 aliphatic heterocycles. The molecular formula is C10H20O3. The summed E-state index contributed by atoms with van der Waals surface area (Å²) in [4.78, 5) is 11.0. The second-order valence-corrected chi connectivity index (χ2v) is 3.03. The topological polar surface area (TPSA) is 35.5 Å². The van der Waals surface area contributed by atoms with E-state index in [0.29, 0.717) is 13.0 Å². The summed E-state index contributed by atoms with van der Waals surface area (Å²) in [7, 11) is 0. The molecule has 0 aromatic heterocycles. The van der Waals surface area contributed by atoms with Crippen LogP contribution in [-0.2, 0) is 14.3 Å². The average molecular weight is 188 g/mol. The van der Waals surface area contributed by atoms with Crippen LogP contribution >= 0.6 is 0 Å². The van der Waals surface area contributed by atoms with Crippen molar-refractivity contribution < 1.29 is 14.3 Å². The maximum atomic E-state index is 11.0. The predicted octanol–water partition coefficient (Wildman–Crippen LogP) is 2.49. The van der Waals surface area contributed by atoms with E-state index in [1.165, 1.54) is 0 Å². The number of hydrogen-bond donors (Lipinski definition) is 0. The Kier molecular flexibility index (Phi) is 7.69. The quantitative estimate of drug-likeness (QED) is 0.350. The molecule has 3 nitrogen and oxygen atoms in total. The zero-order valence-electron chi connectivity index (χ0n) is 8.84. The first-order valence-corrected chi connectivity index (χ1v) is 5.01. The van der Waals surface area contributed by atoms with Crippen molar-refractivity contribution in [3.05, 3.63) is 0 Å². The number of hydrogen-bond acceptors (Lipinski definition) is 3. The summed E-state index contributed by atoms with van der Waals surface area (Å²) < 4.78 is 10.2. The normalized spacial score (nSPS) is 12.5. The Balaban J connectivity index is 3.38. The van der Waals surface area contributed by atoms with E-state index in [0.717, 1.165) is 19.3 Å². The lowest BCUT2D eigenvalue weighted by atomic mass is 10.3. The van der Waals surface area contributed by atoms with E-state index in [2.05, 4.69) is 6.92 Å². The molecular weight excluding hydrogens is 168 g/mol. The molecule has 0 heterocycles. The van der Waals surface area contributed by atoms with Gasteiger partial charge in [-0.1, -0.05) is 20.3 Å². The Hall–Kier alpha value is -0.570. The first-order valence-electron chi connectivity index (χ1n) is 5.01. The largest absolute Gasteiger partial charge is 0.436 e. The second-order valence-electron chi connectivity index (χ2n) is 3.03. The van der Waals surface area contributed by atoms with E-state index in [-0.39, 0.29) is 5.97 Å². The first-order chi connectivity index (χ1) is 6.20. The van der Waals surface area contributed by atoms with Gasteiger partial charge in [-0.2, -0.15) is 0 Å². The average Bonchev–Trinajstić information content (AvgIpc) is 2.05. The highest BCUT2D eigenvalue weighted by molar-refractivity contribution is 5.69. The molecule has 1 atom stereocenters. The van der Waals surface area contributed by atoms with Crippen LogP contribution in [-0.4, -0.2) is 18.9 Å². The molecule has 0 spiro atoms. The Morgan fingerprint density at radius 1 is 1.31 bits per heavy atom. The maximum absolute atomic E-state index is 11.0. The van der Waals surface area contributed by atoms with Crippen LogP contribution in [0.5, 0.6) is 0 Å². The van der Waals surface area contributed by atoms with Crippen LogP contribution in [0.25, 0.3) is 0 Å². The van der Waals surface area contributed by atoms with Gasteiger partial charge in [0, 0.05) is 6.42 Å². The zero-order valence-corrected chi connectivity index (χ0v) is 8.84. The van der Waals surface area contributed by atoms with Gasteiger partial charge in [0.25, 0.3) is 0 Å². The van der Waals surface area contributed by atoms with Gasteiger partial charge in [0.05, 0.1) is 6.61 Å². The standard InChI is InChI=1S/C10H20O3/c1-4-6-8-12-9(3)13-10(11)7-5-2/h9H,4-8H2,1-3H3. The lowest BCUT2D eigenvalue weighted by Gasteiger charge is -2.13. The van der Waals surface area contributed by atoms with Crippen molar-refractivity contribution in [3.63, 3.8) is 0 Å². The van der Waals surface area contributed by atoms with E-state index in [1.807, 2.05) is 6.92 Å². The summed E-state index contributed by atoms with van der Waals surface area (Å²) in [6, 6.07) is 0. The molecule has 0 N–H and O–H groups in total. The fraction of sp³-hybridized carbons (Fsp3) is 0.900. The van der Waals surface area contributed by atoms with Crippen molar-refractivity contribution in [2.24, 2.45) is 0 Å². The Labute approximate surface area is 80.4 Å². The molecule has 0 aromatic rings. The van der Waals surface area contributed by atoms with Gasteiger partial charge < -0.3 is 9.47 Å². The lowest BCUT2D eigenvalue weighted by molar-refractivity contribution is -0.174. The highest BCUT2D eigenvalue weighted by atomic mass is 16.7. The number of esters is 1. The van der Waals surface area contributed by atoms with E-state index in [4.69, 9.17) is 9.47 Å². The van der Waals surface area contributed by atoms with Gasteiger partial charge >= 0.3 is 5.97 Å². The Bertz CT molecular complexity index is 134. The monoisotopic (exact) mass is 188 g/mol. The molecule has 0 rings (SSSR count). The summed E-state index contributed by atoms with van der Waals surface area (Å²) in [6.45, 7) is 6.46. The molecule has 0 saturated carbocycles. The molecule has 0 saturated heterocycles. The summed E-state index contributed by atoms with van der Waals surface area (Å²) >= 11 is 0. The van der Waals surface area contributed by atoms with E-state index in [9.17, 15) is 4.79 Å². The fourth-order valence-corrected chi connectivity index (χ4v) is 0.876. The SMILES string of the molecule is CCCCOC(C)OC(=O)CCC. The van der Waals surface area contributed by atoms with Crippen LogP contribution in [0, 0.1) is 0 Å². The summed E-state index contributed by atoms with van der Waals surface area (Å²) in [5.41, 5.74) is 0. The van der Waals surface area contributed by atoms with Gasteiger partial charge in [-0.05, 0) is 19.8 Å². The number of carbonyl (C=O) groups excluding carboxylic acids is 1. The van der Waals surface area contributed by atoms with Crippen molar-refractivity contribution in [1.29, 1.82) is 0 Å². The first kappa shape index (κ1) is 12.4. The molecule has 0 fully saturated rings. The molecule has 13 heavy (non-hydrogen) atoms. The van der Waals surface area contributed by atoms with Gasteiger partial charge in [0.1, 0.15) is 0 Å². The number of unbranched alkanes of at least 4 members (excludes halogenated alkanes) is 1. The number of ether oxygens (including phenoxy) is 2. The van der Waals surface area contributed by atoms with Crippen molar-refractivity contribution in [3.8, 4) is 0 Å². The van der Waals surface area contributed by atoms with Gasteiger partial charge in [0.15, 0.2) is 6.29 Å². The molecule has 1 unspecified atom stereocenters. The van der Waals surface area contributed by atoms with E-state index >= 15 is 0 Å². The van der Waals surface area contributed by atoms with Crippen LogP contribution in [0.15, 0.2) is 0 Å². The van der Waals surface area contributed by atoms with Crippen LogP contribution in [0.3, 0.4) is 0 Å². The van der Waals surface area contributed by atoms with Crippen molar-refractivity contribution >= 4 is 5.97 Å². The molecule has 0 aliphatic carbocycles. The highest BCUT2D eigenvalue weighted by Crippen LogP contribution is 2.00. The predicted molar refractivity (Wildman–Crippen MR) is 51.3 cm³/mol. The molecule has 0 aliphatic rings. The minimum Gasteiger partial charge on any atom is -0.436 e. The van der Waals surface area contributed by atoms with Gasteiger partial charge in [0.2, 0.25) is 0 Å². The summed E-state index contributed by atoms with van der Waals surface area (Å²) in [6.07, 6.45) is 3.00. The second kappa shape index (κ2) is 8.05. The van der Waals surface area contributed by atoms with E-state index < -0.39 is 6.29 Å². The van der Waals surface area contributed by atoms with Crippen molar-refractivity contribution in [1.82, 2.24) is 0 Å². The fourth-order valence-electron chi connectivity index (χ4n) is 0.876. The minimum atomic E-state index is -0.398. The zero-order chi connectivity index (χ0) is 10.1. The molecule has 0 aromatic carbocycles. The minimum absolute atomic E-state index is 0.175. The van der Waals surface area contributed by atoms with Gasteiger partial charge in [-0.15, -0.1) is 0 Å². The third kappa shape index (κ3) is 7.78. The number of carbonyl (C=O) groups is 1. The molecule has 3 heteroatoms. The third-order valence-corrected chi connectivity index (χ3v) is 1.60. The Morgan fingerprint density at radius 2 is 2.00 bits per heavy atom. The third-order valence-electron chi connectivity index (χ3n) is 1.60. The summed E-state index contributed by atoms with van der Waals surface area (Å²) in [5.74, 6) is -0.175.